The molecule has 1 fully saturated rings. The molecule has 0 unspecified atom stereocenters. The molecule has 4 aromatic rings. The Morgan fingerprint density at radius 1 is 1.11 bits per heavy atom. The predicted octanol–water partition coefficient (Wildman–Crippen LogP) is 3.95. The highest BCUT2D eigenvalue weighted by Gasteiger charge is 2.24. The molecule has 1 aliphatic carbocycles. The highest BCUT2D eigenvalue weighted by atomic mass is 16.5. The molecule has 0 atom stereocenters. The van der Waals surface area contributed by atoms with Gasteiger partial charge in [0.2, 0.25) is 0 Å². The van der Waals surface area contributed by atoms with E-state index in [0.717, 1.165) is 57.3 Å². The average molecular weight is 476 g/mol. The third kappa shape index (κ3) is 5.56. The number of hydrogen-bond donors (Lipinski definition) is 3. The number of fused-ring (bicyclic) bond motifs is 2. The SMILES string of the molecule is CC(C)(O)Cn1cc(-c2ccc3cc(OC4CC4)ccc3c2)c2c(NCCOCCN)ncnc21. The zero-order valence-corrected chi connectivity index (χ0v) is 20.3. The van der Waals surface area contributed by atoms with E-state index >= 15 is 0 Å². The minimum Gasteiger partial charge on any atom is -0.490 e. The van der Waals surface area contributed by atoms with Crippen molar-refractivity contribution in [3.63, 3.8) is 0 Å². The van der Waals surface area contributed by atoms with Gasteiger partial charge in [-0.15, -0.1) is 0 Å². The van der Waals surface area contributed by atoms with Crippen molar-refractivity contribution in [2.45, 2.75) is 44.9 Å². The van der Waals surface area contributed by atoms with E-state index in [-0.39, 0.29) is 0 Å². The molecule has 0 radical (unpaired) electrons. The molecule has 8 nitrogen and oxygen atoms in total. The lowest BCUT2D eigenvalue weighted by Gasteiger charge is -2.18. The van der Waals surface area contributed by atoms with E-state index in [1.807, 2.05) is 10.6 Å². The van der Waals surface area contributed by atoms with Crippen LogP contribution in [0.5, 0.6) is 5.75 Å². The van der Waals surface area contributed by atoms with Crippen molar-refractivity contribution in [1.29, 1.82) is 0 Å². The topological polar surface area (TPSA) is 107 Å². The first-order valence-electron chi connectivity index (χ1n) is 12.2. The second-order valence-corrected chi connectivity index (χ2v) is 9.77. The normalized spacial score (nSPS) is 14.1. The Morgan fingerprint density at radius 3 is 2.69 bits per heavy atom. The third-order valence-corrected chi connectivity index (χ3v) is 5.96. The largest absolute Gasteiger partial charge is 0.490 e. The molecule has 0 saturated heterocycles. The minimum absolute atomic E-state index is 0.375. The second-order valence-electron chi connectivity index (χ2n) is 9.77. The summed E-state index contributed by atoms with van der Waals surface area (Å²) in [6.45, 7) is 6.16. The molecule has 1 aliphatic rings. The first kappa shape index (κ1) is 23.5. The fraction of sp³-hybridized carbons (Fsp3) is 0.407. The lowest BCUT2D eigenvalue weighted by molar-refractivity contribution is 0.0627. The van der Waals surface area contributed by atoms with Crippen LogP contribution in [0.25, 0.3) is 32.9 Å². The van der Waals surface area contributed by atoms with Gasteiger partial charge < -0.3 is 30.2 Å². The number of nitrogens with two attached hydrogens (primary N) is 1. The van der Waals surface area contributed by atoms with Crippen LogP contribution in [0.1, 0.15) is 26.7 Å². The van der Waals surface area contributed by atoms with Gasteiger partial charge in [-0.2, -0.15) is 0 Å². The molecular formula is C27H33N5O3. The van der Waals surface area contributed by atoms with Crippen molar-refractivity contribution < 1.29 is 14.6 Å². The Balaban J connectivity index is 1.53. The maximum atomic E-state index is 10.5. The molecule has 2 aromatic carbocycles. The van der Waals surface area contributed by atoms with Gasteiger partial charge in [-0.05, 0) is 61.2 Å². The Morgan fingerprint density at radius 2 is 1.91 bits per heavy atom. The van der Waals surface area contributed by atoms with Crippen LogP contribution in [0.4, 0.5) is 5.82 Å². The highest BCUT2D eigenvalue weighted by Crippen LogP contribution is 2.36. The van der Waals surface area contributed by atoms with Crippen molar-refractivity contribution in [3.8, 4) is 16.9 Å². The number of aromatic nitrogens is 3. The summed E-state index contributed by atoms with van der Waals surface area (Å²) in [5.41, 5.74) is 7.46. The van der Waals surface area contributed by atoms with Crippen molar-refractivity contribution in [2.75, 3.05) is 31.6 Å². The molecule has 1 saturated carbocycles. The standard InChI is InChI=1S/C27H33N5O3/c1-27(2,33)16-32-15-23(24-25(30-17-31-26(24)32)29-10-12-34-11-9-28)20-4-3-19-14-22(35-21-7-8-21)6-5-18(19)13-20/h3-6,13-15,17,21,33H,7-12,16,28H2,1-2H3,(H,29,30,31). The summed E-state index contributed by atoms with van der Waals surface area (Å²) in [6.07, 6.45) is 6.27. The molecule has 0 aliphatic heterocycles. The van der Waals surface area contributed by atoms with E-state index in [1.54, 1.807) is 20.2 Å². The number of nitrogens with zero attached hydrogens (tertiary/aromatic N) is 3. The summed E-state index contributed by atoms with van der Waals surface area (Å²) in [6, 6.07) is 12.7. The summed E-state index contributed by atoms with van der Waals surface area (Å²) in [4.78, 5) is 9.11. The average Bonchev–Trinajstić information content (AvgIpc) is 3.57. The molecule has 0 spiro atoms. The molecule has 8 heteroatoms. The number of anilines is 1. The van der Waals surface area contributed by atoms with Gasteiger partial charge in [-0.25, -0.2) is 9.97 Å². The third-order valence-electron chi connectivity index (χ3n) is 5.96. The van der Waals surface area contributed by atoms with Gasteiger partial charge in [0, 0.05) is 24.8 Å². The van der Waals surface area contributed by atoms with Crippen molar-refractivity contribution in [1.82, 2.24) is 14.5 Å². The van der Waals surface area contributed by atoms with Crippen molar-refractivity contribution >= 4 is 27.6 Å². The summed E-state index contributed by atoms with van der Waals surface area (Å²) in [5, 5.41) is 17.1. The first-order valence-corrected chi connectivity index (χ1v) is 12.2. The Labute approximate surface area is 205 Å². The van der Waals surface area contributed by atoms with Crippen LogP contribution in [0.15, 0.2) is 48.9 Å². The summed E-state index contributed by atoms with van der Waals surface area (Å²) in [5.74, 6) is 1.66. The second kappa shape index (κ2) is 9.81. The lowest BCUT2D eigenvalue weighted by atomic mass is 10.0. The smallest absolute Gasteiger partial charge is 0.146 e. The number of ether oxygens (including phenoxy) is 2. The van der Waals surface area contributed by atoms with Crippen LogP contribution >= 0.6 is 0 Å². The molecule has 2 aromatic heterocycles. The van der Waals surface area contributed by atoms with E-state index in [1.165, 1.54) is 0 Å². The lowest BCUT2D eigenvalue weighted by Crippen LogP contribution is -2.25. The van der Waals surface area contributed by atoms with Crippen LogP contribution in [-0.4, -0.2) is 57.6 Å². The molecule has 35 heavy (non-hydrogen) atoms. The zero-order valence-electron chi connectivity index (χ0n) is 20.3. The molecule has 0 bridgehead atoms. The van der Waals surface area contributed by atoms with Crippen molar-refractivity contribution in [3.05, 3.63) is 48.9 Å². The van der Waals surface area contributed by atoms with Gasteiger partial charge >= 0.3 is 0 Å². The quantitative estimate of drug-likeness (QED) is 0.282. The Bertz CT molecular complexity index is 1320. The number of aliphatic hydroxyl groups is 1. The van der Waals surface area contributed by atoms with Crippen LogP contribution in [0.2, 0.25) is 0 Å². The predicted molar refractivity (Wildman–Crippen MR) is 139 cm³/mol. The summed E-state index contributed by atoms with van der Waals surface area (Å²) >= 11 is 0. The summed E-state index contributed by atoms with van der Waals surface area (Å²) < 4.78 is 13.5. The molecule has 2 heterocycles. The first-order chi connectivity index (χ1) is 16.9. The number of benzene rings is 2. The van der Waals surface area contributed by atoms with Crippen LogP contribution < -0.4 is 15.8 Å². The molecular weight excluding hydrogens is 442 g/mol. The van der Waals surface area contributed by atoms with Crippen LogP contribution in [-0.2, 0) is 11.3 Å². The monoisotopic (exact) mass is 475 g/mol. The Hall–Kier alpha value is -3.20. The zero-order chi connectivity index (χ0) is 24.4. The minimum atomic E-state index is -0.890. The van der Waals surface area contributed by atoms with Gasteiger partial charge in [0.25, 0.3) is 0 Å². The maximum Gasteiger partial charge on any atom is 0.146 e. The number of nitrogens with one attached hydrogen (secondary N) is 1. The number of rotatable bonds is 11. The fourth-order valence-electron chi connectivity index (χ4n) is 4.28. The van der Waals surface area contributed by atoms with Crippen LogP contribution in [0.3, 0.4) is 0 Å². The highest BCUT2D eigenvalue weighted by molar-refractivity contribution is 6.03. The van der Waals surface area contributed by atoms with Gasteiger partial charge in [-0.1, -0.05) is 18.2 Å². The van der Waals surface area contributed by atoms with Gasteiger partial charge in [0.15, 0.2) is 0 Å². The molecule has 184 valence electrons. The van der Waals surface area contributed by atoms with Gasteiger partial charge in [0.05, 0.1) is 36.8 Å². The molecule has 0 amide bonds. The van der Waals surface area contributed by atoms with Crippen LogP contribution in [0, 0.1) is 0 Å². The van der Waals surface area contributed by atoms with E-state index in [9.17, 15) is 5.11 Å². The van der Waals surface area contributed by atoms with Gasteiger partial charge in [0.1, 0.15) is 23.5 Å². The van der Waals surface area contributed by atoms with Crippen molar-refractivity contribution in [2.24, 2.45) is 5.73 Å². The Kier molecular flexibility index (Phi) is 6.60. The molecule has 4 N–H and O–H groups in total. The molecule has 5 rings (SSSR count). The van der Waals surface area contributed by atoms with E-state index in [4.69, 9.17) is 15.2 Å². The van der Waals surface area contributed by atoms with E-state index in [2.05, 4.69) is 51.8 Å². The maximum absolute atomic E-state index is 10.5. The van der Waals surface area contributed by atoms with Gasteiger partial charge in [-0.3, -0.25) is 0 Å². The number of hydrogen-bond acceptors (Lipinski definition) is 7. The van der Waals surface area contributed by atoms with E-state index in [0.29, 0.717) is 39.0 Å². The fourth-order valence-corrected chi connectivity index (χ4v) is 4.28. The van der Waals surface area contributed by atoms with E-state index < -0.39 is 5.60 Å². The summed E-state index contributed by atoms with van der Waals surface area (Å²) in [7, 11) is 0.